The average Bonchev–Trinajstić information content (AvgIpc) is 2.83. The Balaban J connectivity index is 1.97. The normalized spacial score (nSPS) is 15.2. The molecule has 0 spiro atoms. The second-order valence-corrected chi connectivity index (χ2v) is 5.63. The van der Waals surface area contributed by atoms with E-state index in [0.29, 0.717) is 25.3 Å². The fourth-order valence-corrected chi connectivity index (χ4v) is 2.22. The first-order valence-electron chi connectivity index (χ1n) is 6.69. The highest BCUT2D eigenvalue weighted by atomic mass is 16.6. The molecule has 20 heavy (non-hydrogen) atoms. The quantitative estimate of drug-likeness (QED) is 0.914. The fraction of sp³-hybridized carbons (Fsp3) is 0.467. The van der Waals surface area contributed by atoms with Gasteiger partial charge in [-0.2, -0.15) is 0 Å². The number of hydrogen-bond donors (Lipinski definition) is 1. The summed E-state index contributed by atoms with van der Waals surface area (Å²) in [6, 6.07) is 7.42. The summed E-state index contributed by atoms with van der Waals surface area (Å²) in [5.74, 6) is -0.130. The van der Waals surface area contributed by atoms with Crippen molar-refractivity contribution >= 4 is 12.0 Å². The van der Waals surface area contributed by atoms with Gasteiger partial charge in [0, 0.05) is 12.1 Å². The topological polar surface area (TPSA) is 58.6 Å². The van der Waals surface area contributed by atoms with Gasteiger partial charge in [-0.05, 0) is 32.9 Å². The molecule has 1 aliphatic rings. The Hall–Kier alpha value is -2.04. The molecule has 1 aliphatic heterocycles. The number of aryl methyl sites for hydroxylation is 1. The van der Waals surface area contributed by atoms with Crippen LogP contribution >= 0.6 is 0 Å². The van der Waals surface area contributed by atoms with Crippen LogP contribution in [0.4, 0.5) is 4.79 Å². The molecule has 0 radical (unpaired) electrons. The standard InChI is InChI=1S/C15H20N2O3/c1-11-5-4-6-12(9-11)13(18)16-10-15(2,3)17-7-8-20-14(17)19/h4-6,9H,7-8,10H2,1-3H3,(H,16,18). The molecule has 5 nitrogen and oxygen atoms in total. The number of nitrogens with zero attached hydrogens (tertiary/aromatic N) is 1. The van der Waals surface area contributed by atoms with E-state index in [1.165, 1.54) is 0 Å². The lowest BCUT2D eigenvalue weighted by Gasteiger charge is -2.33. The summed E-state index contributed by atoms with van der Waals surface area (Å²) in [6.45, 7) is 7.13. The van der Waals surface area contributed by atoms with Crippen molar-refractivity contribution in [3.05, 3.63) is 35.4 Å². The third kappa shape index (κ3) is 3.10. The first-order valence-corrected chi connectivity index (χ1v) is 6.69. The molecular formula is C15H20N2O3. The van der Waals surface area contributed by atoms with Crippen LogP contribution in [0.25, 0.3) is 0 Å². The molecular weight excluding hydrogens is 256 g/mol. The minimum atomic E-state index is -0.465. The first kappa shape index (κ1) is 14.4. The van der Waals surface area contributed by atoms with Gasteiger partial charge in [0.25, 0.3) is 5.91 Å². The maximum Gasteiger partial charge on any atom is 0.410 e. The number of carbonyl (C=O) groups is 2. The lowest BCUT2D eigenvalue weighted by molar-refractivity contribution is 0.0903. The summed E-state index contributed by atoms with van der Waals surface area (Å²) in [7, 11) is 0. The molecule has 0 aromatic heterocycles. The van der Waals surface area contributed by atoms with Crippen LogP contribution in [0.1, 0.15) is 29.8 Å². The summed E-state index contributed by atoms with van der Waals surface area (Å²) < 4.78 is 4.93. The molecule has 1 heterocycles. The Morgan fingerprint density at radius 1 is 1.45 bits per heavy atom. The molecule has 1 aromatic carbocycles. The first-order chi connectivity index (χ1) is 9.40. The Bertz CT molecular complexity index is 526. The number of nitrogens with one attached hydrogen (secondary N) is 1. The molecule has 2 rings (SSSR count). The minimum Gasteiger partial charge on any atom is -0.448 e. The summed E-state index contributed by atoms with van der Waals surface area (Å²) in [5.41, 5.74) is 1.21. The van der Waals surface area contributed by atoms with Gasteiger partial charge in [0.1, 0.15) is 6.61 Å². The van der Waals surface area contributed by atoms with E-state index in [-0.39, 0.29) is 12.0 Å². The van der Waals surface area contributed by atoms with E-state index < -0.39 is 5.54 Å². The molecule has 0 bridgehead atoms. The van der Waals surface area contributed by atoms with E-state index in [1.807, 2.05) is 39.0 Å². The maximum absolute atomic E-state index is 12.1. The Morgan fingerprint density at radius 2 is 2.20 bits per heavy atom. The maximum atomic E-state index is 12.1. The second kappa shape index (κ2) is 5.53. The molecule has 5 heteroatoms. The molecule has 1 saturated heterocycles. The largest absolute Gasteiger partial charge is 0.448 e. The highest BCUT2D eigenvalue weighted by Gasteiger charge is 2.35. The number of amides is 2. The number of rotatable bonds is 4. The van der Waals surface area contributed by atoms with Gasteiger partial charge in [-0.3, -0.25) is 9.69 Å². The molecule has 108 valence electrons. The summed E-state index contributed by atoms with van der Waals surface area (Å²) in [6.07, 6.45) is -0.320. The van der Waals surface area contributed by atoms with Crippen LogP contribution in [0.15, 0.2) is 24.3 Å². The van der Waals surface area contributed by atoms with Gasteiger partial charge < -0.3 is 10.1 Å². The van der Waals surface area contributed by atoms with Gasteiger partial charge in [-0.1, -0.05) is 17.7 Å². The fourth-order valence-electron chi connectivity index (χ4n) is 2.22. The number of carbonyl (C=O) groups excluding carboxylic acids is 2. The Labute approximate surface area is 118 Å². The van der Waals surface area contributed by atoms with Crippen LogP contribution in [0.5, 0.6) is 0 Å². The van der Waals surface area contributed by atoms with Crippen molar-refractivity contribution in [1.82, 2.24) is 10.2 Å². The lowest BCUT2D eigenvalue weighted by atomic mass is 10.0. The van der Waals surface area contributed by atoms with Crippen molar-refractivity contribution < 1.29 is 14.3 Å². The van der Waals surface area contributed by atoms with Crippen molar-refractivity contribution in [1.29, 1.82) is 0 Å². The third-order valence-corrected chi connectivity index (χ3v) is 3.45. The lowest BCUT2D eigenvalue weighted by Crippen LogP contribution is -2.52. The van der Waals surface area contributed by atoms with Gasteiger partial charge in [-0.15, -0.1) is 0 Å². The van der Waals surface area contributed by atoms with Gasteiger partial charge in [0.15, 0.2) is 0 Å². The minimum absolute atomic E-state index is 0.130. The summed E-state index contributed by atoms with van der Waals surface area (Å²) in [4.78, 5) is 25.3. The van der Waals surface area contributed by atoms with Crippen LogP contribution in [0.3, 0.4) is 0 Å². The molecule has 0 aliphatic carbocycles. The summed E-state index contributed by atoms with van der Waals surface area (Å²) >= 11 is 0. The van der Waals surface area contributed by atoms with Gasteiger partial charge in [-0.25, -0.2) is 4.79 Å². The van der Waals surface area contributed by atoms with E-state index in [1.54, 1.807) is 11.0 Å². The third-order valence-electron chi connectivity index (χ3n) is 3.45. The zero-order valence-corrected chi connectivity index (χ0v) is 12.1. The number of cyclic esters (lactones) is 1. The molecule has 2 amide bonds. The van der Waals surface area contributed by atoms with E-state index >= 15 is 0 Å². The van der Waals surface area contributed by atoms with E-state index in [2.05, 4.69) is 5.32 Å². The molecule has 1 N–H and O–H groups in total. The van der Waals surface area contributed by atoms with Crippen molar-refractivity contribution in [2.45, 2.75) is 26.3 Å². The smallest absolute Gasteiger partial charge is 0.410 e. The zero-order valence-electron chi connectivity index (χ0n) is 12.1. The van der Waals surface area contributed by atoms with Crippen LogP contribution in [-0.4, -0.2) is 42.1 Å². The van der Waals surface area contributed by atoms with E-state index in [4.69, 9.17) is 4.74 Å². The zero-order chi connectivity index (χ0) is 14.8. The number of benzene rings is 1. The molecule has 0 unspecified atom stereocenters. The van der Waals surface area contributed by atoms with Gasteiger partial charge >= 0.3 is 6.09 Å². The van der Waals surface area contributed by atoms with Crippen LogP contribution < -0.4 is 5.32 Å². The molecule has 0 atom stereocenters. The Morgan fingerprint density at radius 3 is 2.80 bits per heavy atom. The van der Waals surface area contributed by atoms with Gasteiger partial charge in [0.05, 0.1) is 12.1 Å². The van der Waals surface area contributed by atoms with E-state index in [9.17, 15) is 9.59 Å². The molecule has 1 aromatic rings. The summed E-state index contributed by atoms with van der Waals surface area (Å²) in [5, 5.41) is 2.88. The van der Waals surface area contributed by atoms with Crippen molar-refractivity contribution in [2.24, 2.45) is 0 Å². The Kier molecular flexibility index (Phi) is 3.97. The van der Waals surface area contributed by atoms with Crippen LogP contribution in [0.2, 0.25) is 0 Å². The van der Waals surface area contributed by atoms with Crippen molar-refractivity contribution in [3.63, 3.8) is 0 Å². The predicted octanol–water partition coefficient (Wildman–Crippen LogP) is 1.96. The SMILES string of the molecule is Cc1cccc(C(=O)NCC(C)(C)N2CCOC2=O)c1. The second-order valence-electron chi connectivity index (χ2n) is 5.63. The number of hydrogen-bond acceptors (Lipinski definition) is 3. The highest BCUT2D eigenvalue weighted by Crippen LogP contribution is 2.18. The number of ether oxygens (including phenoxy) is 1. The predicted molar refractivity (Wildman–Crippen MR) is 75.6 cm³/mol. The van der Waals surface area contributed by atoms with E-state index in [0.717, 1.165) is 5.56 Å². The van der Waals surface area contributed by atoms with Crippen LogP contribution in [-0.2, 0) is 4.74 Å². The van der Waals surface area contributed by atoms with Gasteiger partial charge in [0.2, 0.25) is 0 Å². The molecule has 1 fully saturated rings. The van der Waals surface area contributed by atoms with Crippen molar-refractivity contribution in [3.8, 4) is 0 Å². The van der Waals surface area contributed by atoms with Crippen LogP contribution in [0, 0.1) is 6.92 Å². The monoisotopic (exact) mass is 276 g/mol. The van der Waals surface area contributed by atoms with Crippen molar-refractivity contribution in [2.75, 3.05) is 19.7 Å². The average molecular weight is 276 g/mol. The highest BCUT2D eigenvalue weighted by molar-refractivity contribution is 5.94. The molecule has 0 saturated carbocycles.